The molecular formula is C20H18N2NiO6. The first-order valence-corrected chi connectivity index (χ1v) is 7.70. The van der Waals surface area contributed by atoms with Gasteiger partial charge in [0.25, 0.3) is 0 Å². The molecule has 154 valence electrons. The van der Waals surface area contributed by atoms with Crippen molar-refractivity contribution in [2.75, 3.05) is 0 Å². The van der Waals surface area contributed by atoms with Gasteiger partial charge in [0.1, 0.15) is 11.5 Å². The topological polar surface area (TPSA) is 174 Å². The van der Waals surface area contributed by atoms with Gasteiger partial charge in [-0.05, 0) is 47.5 Å². The van der Waals surface area contributed by atoms with Crippen molar-refractivity contribution < 1.29 is 47.9 Å². The van der Waals surface area contributed by atoms with Crippen molar-refractivity contribution in [2.45, 2.75) is 0 Å². The molecule has 0 fully saturated rings. The number of phenols is 2. The number of aromatic hydroxyl groups is 2. The van der Waals surface area contributed by atoms with Crippen molar-refractivity contribution >= 4 is 23.8 Å². The summed E-state index contributed by atoms with van der Waals surface area (Å²) in [4.78, 5) is 8.55. The summed E-state index contributed by atoms with van der Waals surface area (Å²) >= 11 is 0. The van der Waals surface area contributed by atoms with E-state index in [0.29, 0.717) is 22.5 Å². The Hall–Kier alpha value is -3.39. The third-order valence-corrected chi connectivity index (χ3v) is 3.56. The van der Waals surface area contributed by atoms with Crippen molar-refractivity contribution in [1.29, 1.82) is 0 Å². The Balaban J connectivity index is 0.00000261. The van der Waals surface area contributed by atoms with E-state index in [2.05, 4.69) is 9.98 Å². The van der Waals surface area contributed by atoms with E-state index in [1.165, 1.54) is 36.7 Å². The molecule has 0 saturated heterocycles. The zero-order valence-electron chi connectivity index (χ0n) is 14.8. The molecule has 3 aromatic carbocycles. The summed E-state index contributed by atoms with van der Waals surface area (Å²) in [5, 5.41) is 42.1. The Morgan fingerprint density at radius 3 is 1.38 bits per heavy atom. The first-order chi connectivity index (χ1) is 12.5. The minimum absolute atomic E-state index is 0. The molecule has 0 saturated carbocycles. The predicted octanol–water partition coefficient (Wildman–Crippen LogP) is 1.09. The van der Waals surface area contributed by atoms with Gasteiger partial charge in [-0.3, -0.25) is 9.98 Å². The Bertz CT molecular complexity index is 928. The Kier molecular flexibility index (Phi) is 10.1. The molecule has 0 amide bonds. The van der Waals surface area contributed by atoms with Gasteiger partial charge in [-0.25, -0.2) is 0 Å². The summed E-state index contributed by atoms with van der Waals surface area (Å²) in [6, 6.07) is 15.0. The van der Waals surface area contributed by atoms with Crippen molar-refractivity contribution in [2.24, 2.45) is 9.98 Å². The van der Waals surface area contributed by atoms with Crippen LogP contribution in [0.2, 0.25) is 0 Å². The summed E-state index contributed by atoms with van der Waals surface area (Å²) in [6.45, 7) is 0. The number of hydrogen-bond donors (Lipinski definition) is 2. The number of rotatable bonds is 4. The van der Waals surface area contributed by atoms with E-state index in [4.69, 9.17) is 0 Å². The number of hydrogen-bond acceptors (Lipinski definition) is 6. The van der Waals surface area contributed by atoms with E-state index in [1.54, 1.807) is 24.3 Å². The van der Waals surface area contributed by atoms with Gasteiger partial charge < -0.3 is 31.4 Å². The molecule has 0 aliphatic rings. The molecule has 0 aliphatic heterocycles. The number of nitrogens with zero attached hydrogens (tertiary/aromatic N) is 2. The maximum atomic E-state index is 11.8. The van der Waals surface area contributed by atoms with Crippen LogP contribution in [0.1, 0.15) is 11.1 Å². The smallest absolute Gasteiger partial charge is 0.872 e. The van der Waals surface area contributed by atoms with Crippen LogP contribution in [0.15, 0.2) is 70.6 Å². The maximum absolute atomic E-state index is 11.8. The van der Waals surface area contributed by atoms with Crippen LogP contribution in [-0.4, -0.2) is 33.6 Å². The zero-order valence-corrected chi connectivity index (χ0v) is 15.8. The van der Waals surface area contributed by atoms with Crippen molar-refractivity contribution in [3.05, 3.63) is 71.8 Å². The third-order valence-electron chi connectivity index (χ3n) is 3.56. The van der Waals surface area contributed by atoms with Crippen LogP contribution < -0.4 is 10.2 Å². The van der Waals surface area contributed by atoms with Gasteiger partial charge in [0.05, 0.1) is 11.4 Å². The van der Waals surface area contributed by atoms with Crippen LogP contribution in [-0.2, 0) is 16.5 Å². The summed E-state index contributed by atoms with van der Waals surface area (Å²) in [5.74, 6) is -0.872. The van der Waals surface area contributed by atoms with Crippen LogP contribution in [0.25, 0.3) is 0 Å². The summed E-state index contributed by atoms with van der Waals surface area (Å²) in [6.07, 6.45) is 2.80. The van der Waals surface area contributed by atoms with E-state index in [0.717, 1.165) is 12.1 Å². The van der Waals surface area contributed by atoms with Crippen LogP contribution in [0, 0.1) is 0 Å². The Labute approximate surface area is 176 Å². The van der Waals surface area contributed by atoms with Crippen LogP contribution in [0.3, 0.4) is 0 Å². The predicted molar refractivity (Wildman–Crippen MR) is 103 cm³/mol. The summed E-state index contributed by atoms with van der Waals surface area (Å²) in [7, 11) is 0. The molecule has 0 aliphatic carbocycles. The molecule has 29 heavy (non-hydrogen) atoms. The van der Waals surface area contributed by atoms with Crippen LogP contribution >= 0.6 is 0 Å². The molecule has 0 unspecified atom stereocenters. The second kappa shape index (κ2) is 11.5. The standard InChI is InChI=1S/C20H16N2O4.Ni.2H2O/c23-15-7-5-13(19(25)9-15)11-21-17-3-1-2-4-18(17)22-12-14-6-8-16(24)10-20(14)26;;;/h1-12,23-26H;;2*1H2/q;+2;;/p-2. The molecule has 9 heteroatoms. The Morgan fingerprint density at radius 2 is 1.03 bits per heavy atom. The molecule has 0 aromatic heterocycles. The molecule has 3 rings (SSSR count). The van der Waals surface area contributed by atoms with Crippen LogP contribution in [0.4, 0.5) is 11.4 Å². The average molecular weight is 441 g/mol. The largest absolute Gasteiger partial charge is 2.00 e. The van der Waals surface area contributed by atoms with Crippen LogP contribution in [0.5, 0.6) is 23.0 Å². The Morgan fingerprint density at radius 1 is 0.655 bits per heavy atom. The normalized spacial score (nSPS) is 10.2. The van der Waals surface area contributed by atoms with E-state index in [1.807, 2.05) is 0 Å². The second-order valence-corrected chi connectivity index (χ2v) is 5.45. The molecule has 0 heterocycles. The van der Waals surface area contributed by atoms with Crippen molar-refractivity contribution in [3.8, 4) is 23.0 Å². The van der Waals surface area contributed by atoms with E-state index in [-0.39, 0.29) is 50.4 Å². The van der Waals surface area contributed by atoms with Gasteiger partial charge in [-0.15, -0.1) is 0 Å². The summed E-state index contributed by atoms with van der Waals surface area (Å²) < 4.78 is 0. The minimum atomic E-state index is -0.338. The van der Waals surface area contributed by atoms with Gasteiger partial charge in [0.2, 0.25) is 0 Å². The molecule has 3 aromatic rings. The fourth-order valence-corrected chi connectivity index (χ4v) is 2.22. The van der Waals surface area contributed by atoms with Crippen molar-refractivity contribution in [1.82, 2.24) is 0 Å². The monoisotopic (exact) mass is 440 g/mol. The quantitative estimate of drug-likeness (QED) is 0.456. The summed E-state index contributed by atoms with van der Waals surface area (Å²) in [5.41, 5.74) is 1.70. The molecule has 0 bridgehead atoms. The minimum Gasteiger partial charge on any atom is -0.872 e. The third kappa shape index (κ3) is 6.62. The fraction of sp³-hybridized carbons (Fsp3) is 0. The first-order valence-electron chi connectivity index (χ1n) is 7.70. The van der Waals surface area contributed by atoms with Crippen molar-refractivity contribution in [3.63, 3.8) is 0 Å². The molecule has 6 N–H and O–H groups in total. The maximum Gasteiger partial charge on any atom is 2.00 e. The number of benzene rings is 3. The van der Waals surface area contributed by atoms with Gasteiger partial charge in [0.15, 0.2) is 0 Å². The molecule has 8 nitrogen and oxygen atoms in total. The number of aliphatic imine (C=N–C) groups is 2. The van der Waals surface area contributed by atoms with E-state index < -0.39 is 0 Å². The molecule has 0 radical (unpaired) electrons. The average Bonchev–Trinajstić information content (AvgIpc) is 2.61. The SMILES string of the molecule is O.O.[Ni+2].[O-]c1cc(O)ccc1C=Nc1ccccc1N=Cc1ccc(O)cc1[O-]. The van der Waals surface area contributed by atoms with Gasteiger partial charge >= 0.3 is 16.5 Å². The fourth-order valence-electron chi connectivity index (χ4n) is 2.22. The van der Waals surface area contributed by atoms with E-state index in [9.17, 15) is 20.4 Å². The number of para-hydroxylation sites is 2. The molecule has 0 atom stereocenters. The zero-order chi connectivity index (χ0) is 18.5. The van der Waals surface area contributed by atoms with E-state index >= 15 is 0 Å². The van der Waals surface area contributed by atoms with Gasteiger partial charge in [-0.1, -0.05) is 35.8 Å². The van der Waals surface area contributed by atoms with Gasteiger partial charge in [-0.2, -0.15) is 0 Å². The second-order valence-electron chi connectivity index (χ2n) is 5.45. The van der Waals surface area contributed by atoms with Gasteiger partial charge in [0, 0.05) is 12.4 Å². The molecular weight excluding hydrogens is 423 g/mol. The number of phenolic OH excluding ortho intramolecular Hbond substituents is 2. The molecule has 0 spiro atoms. The first kappa shape index (κ1) is 25.6.